The van der Waals surface area contributed by atoms with Gasteiger partial charge in [-0.3, -0.25) is 4.90 Å². The van der Waals surface area contributed by atoms with Crippen molar-refractivity contribution in [3.8, 4) is 0 Å². The van der Waals surface area contributed by atoms with Gasteiger partial charge in [0.15, 0.2) is 0 Å². The van der Waals surface area contributed by atoms with Crippen molar-refractivity contribution in [1.82, 2.24) is 0 Å². The van der Waals surface area contributed by atoms with Crippen LogP contribution < -0.4 is 4.90 Å². The van der Waals surface area contributed by atoms with Crippen LogP contribution in [0.5, 0.6) is 0 Å². The van der Waals surface area contributed by atoms with Crippen LogP contribution in [0, 0.1) is 0 Å². The maximum atomic E-state index is 13.6. The smallest absolute Gasteiger partial charge is 0.273 e. The Bertz CT molecular complexity index is 922. The van der Waals surface area contributed by atoms with Crippen LogP contribution >= 0.6 is 0 Å². The summed E-state index contributed by atoms with van der Waals surface area (Å²) >= 11 is 0. The van der Waals surface area contributed by atoms with Gasteiger partial charge in [-0.1, -0.05) is 0 Å². The average Bonchev–Trinajstić information content (AvgIpc) is 2.71. The molecule has 1 nitrogen and oxygen atoms in total. The topological polar surface area (TPSA) is 4.44 Å². The number of hydrogen-bond acceptors (Lipinski definition) is 0. The van der Waals surface area contributed by atoms with Crippen LogP contribution in [0.1, 0.15) is 0 Å². The summed E-state index contributed by atoms with van der Waals surface area (Å²) in [4.78, 5) is -2.42. The van der Waals surface area contributed by atoms with Gasteiger partial charge in [-0.25, -0.2) is 0 Å². The largest absolute Gasteiger partial charge is 0.460 e. The standard InChI is InChI=1S/C14H6F25N/c1-40(2)14(38,39)12(33,34)10(29,30)8(25,26)6(21,22)4(17,18)3(15,16)5(19,20)7(23,24)9(27,28)11(31,32)13(35,36)37/h1-2H3/p+1. The summed E-state index contributed by atoms with van der Waals surface area (Å²) in [5.41, 5.74) is 0. The summed E-state index contributed by atoms with van der Waals surface area (Å²) in [7, 11) is -0.662. The molecule has 0 aromatic heterocycles. The third kappa shape index (κ3) is 4.21. The Morgan fingerprint density at radius 3 is 0.550 bits per heavy atom. The number of rotatable bonds is 11. The van der Waals surface area contributed by atoms with Crippen molar-refractivity contribution in [3.63, 3.8) is 0 Å². The highest BCUT2D eigenvalue weighted by Crippen LogP contribution is 2.67. The fourth-order valence-corrected chi connectivity index (χ4v) is 2.27. The zero-order chi connectivity index (χ0) is 33.6. The highest BCUT2D eigenvalue weighted by Gasteiger charge is 3.00. The number of nitrogens with one attached hydrogen (secondary N) is 1. The summed E-state index contributed by atoms with van der Waals surface area (Å²) in [6.07, 6.45) is -8.15. The first-order chi connectivity index (χ1) is 16.7. The number of halogens is 25. The van der Waals surface area contributed by atoms with Crippen molar-refractivity contribution in [3.05, 3.63) is 0 Å². The Morgan fingerprint density at radius 2 is 0.400 bits per heavy atom. The number of alkyl halides is 25. The molecule has 0 atom stereocenters. The molecule has 26 heteroatoms. The average molecular weight is 664 g/mol. The van der Waals surface area contributed by atoms with Crippen molar-refractivity contribution >= 4 is 0 Å². The van der Waals surface area contributed by atoms with E-state index < -0.39 is 76.3 Å². The van der Waals surface area contributed by atoms with E-state index in [0.29, 0.717) is 0 Å². The van der Waals surface area contributed by atoms with Gasteiger partial charge in [0.1, 0.15) is 0 Å². The number of hydrogen-bond donors (Lipinski definition) is 1. The molecule has 0 aromatic carbocycles. The van der Waals surface area contributed by atoms with Crippen molar-refractivity contribution < 1.29 is 115 Å². The zero-order valence-corrected chi connectivity index (χ0v) is 17.9. The number of quaternary nitrogens is 1. The van der Waals surface area contributed by atoms with E-state index in [9.17, 15) is 110 Å². The molecule has 0 amide bonds. The lowest BCUT2D eigenvalue weighted by Crippen LogP contribution is -3.16. The molecule has 0 saturated heterocycles. The maximum absolute atomic E-state index is 13.6. The molecule has 0 fully saturated rings. The fraction of sp³-hybridized carbons (Fsp3) is 1.00. The molecule has 0 bridgehead atoms. The van der Waals surface area contributed by atoms with Gasteiger partial charge in [0.05, 0.1) is 14.1 Å². The molecular formula is C14H7F25N+. The van der Waals surface area contributed by atoms with Gasteiger partial charge in [-0.15, -0.1) is 8.78 Å². The lowest BCUT2D eigenvalue weighted by molar-refractivity contribution is -0.970. The lowest BCUT2D eigenvalue weighted by Gasteiger charge is -2.45. The lowest BCUT2D eigenvalue weighted by atomic mass is 9.85. The van der Waals surface area contributed by atoms with Gasteiger partial charge in [0.2, 0.25) is 0 Å². The van der Waals surface area contributed by atoms with Crippen LogP contribution in [-0.2, 0) is 0 Å². The molecule has 0 aliphatic carbocycles. The fourth-order valence-electron chi connectivity index (χ4n) is 2.27. The minimum atomic E-state index is -9.57. The summed E-state index contributed by atoms with van der Waals surface area (Å²) in [6.45, 7) is 0. The predicted octanol–water partition coefficient (Wildman–Crippen LogP) is 6.64. The third-order valence-corrected chi connectivity index (χ3v) is 4.93. The Labute approximate surface area is 201 Å². The molecule has 0 aliphatic rings. The summed E-state index contributed by atoms with van der Waals surface area (Å²) in [6, 6.07) is -6.77. The van der Waals surface area contributed by atoms with Gasteiger partial charge in [0, 0.05) is 0 Å². The van der Waals surface area contributed by atoms with E-state index in [0.717, 1.165) is 0 Å². The Morgan fingerprint density at radius 1 is 0.250 bits per heavy atom. The Kier molecular flexibility index (Phi) is 8.70. The first-order valence-electron chi connectivity index (χ1n) is 8.72. The Balaban J connectivity index is 7.35. The van der Waals surface area contributed by atoms with E-state index in [2.05, 4.69) is 0 Å². The zero-order valence-electron chi connectivity index (χ0n) is 17.9. The van der Waals surface area contributed by atoms with Crippen molar-refractivity contribution in [1.29, 1.82) is 0 Å². The van der Waals surface area contributed by atoms with Crippen molar-refractivity contribution in [2.45, 2.75) is 71.4 Å². The van der Waals surface area contributed by atoms with Crippen LogP contribution in [0.25, 0.3) is 0 Å². The van der Waals surface area contributed by atoms with Crippen molar-refractivity contribution in [2.24, 2.45) is 0 Å². The van der Waals surface area contributed by atoms with Crippen LogP contribution in [0.15, 0.2) is 0 Å². The quantitative estimate of drug-likeness (QED) is 0.187. The van der Waals surface area contributed by atoms with E-state index >= 15 is 0 Å². The van der Waals surface area contributed by atoms with E-state index in [-0.39, 0.29) is 14.1 Å². The second kappa shape index (κ2) is 9.10. The van der Waals surface area contributed by atoms with Crippen LogP contribution in [0.3, 0.4) is 0 Å². The van der Waals surface area contributed by atoms with Crippen LogP contribution in [-0.4, -0.2) is 85.5 Å². The molecule has 242 valence electrons. The first kappa shape index (κ1) is 38.2. The highest BCUT2D eigenvalue weighted by molar-refractivity contribution is 5.19. The maximum Gasteiger partial charge on any atom is 0.460 e. The highest BCUT2D eigenvalue weighted by atomic mass is 19.4. The first-order valence-corrected chi connectivity index (χ1v) is 8.72. The molecule has 0 aliphatic heterocycles. The molecule has 0 spiro atoms. The molecule has 0 unspecified atom stereocenters. The van der Waals surface area contributed by atoms with Gasteiger partial charge in [0.25, 0.3) is 0 Å². The van der Waals surface area contributed by atoms with Gasteiger partial charge in [-0.05, 0) is 0 Å². The van der Waals surface area contributed by atoms with E-state index in [1.807, 2.05) is 0 Å². The van der Waals surface area contributed by atoms with E-state index in [1.165, 1.54) is 0 Å². The van der Waals surface area contributed by atoms with E-state index in [1.54, 1.807) is 0 Å². The summed E-state index contributed by atoms with van der Waals surface area (Å²) in [5.74, 6) is -91.1. The van der Waals surface area contributed by atoms with Crippen LogP contribution in [0.4, 0.5) is 110 Å². The Hall–Kier alpha value is -1.79. The normalized spacial score (nSPS) is 17.1. The summed E-state index contributed by atoms with van der Waals surface area (Å²) < 4.78 is 330. The minimum Gasteiger partial charge on any atom is -0.273 e. The molecule has 0 rings (SSSR count). The second-order valence-electron chi connectivity index (χ2n) is 7.82. The van der Waals surface area contributed by atoms with E-state index in [4.69, 9.17) is 0 Å². The molecule has 40 heavy (non-hydrogen) atoms. The molecular weight excluding hydrogens is 657 g/mol. The molecule has 1 N–H and O–H groups in total. The van der Waals surface area contributed by atoms with Crippen molar-refractivity contribution in [2.75, 3.05) is 14.1 Å². The molecule has 0 heterocycles. The SMILES string of the molecule is C[NH+](C)C(F)(F)C(F)(F)C(F)(F)C(F)(F)C(F)(F)C(F)(F)C(F)(F)C(F)(F)C(F)(F)C(F)(F)C(F)(F)C(F)(F)F. The molecule has 0 aromatic rings. The second-order valence-corrected chi connectivity index (χ2v) is 7.82. The van der Waals surface area contributed by atoms with Gasteiger partial charge in [-0.2, -0.15) is 101 Å². The van der Waals surface area contributed by atoms with Gasteiger partial charge >= 0.3 is 71.4 Å². The molecule has 0 radical (unpaired) electrons. The van der Waals surface area contributed by atoms with Crippen LogP contribution in [0.2, 0.25) is 0 Å². The summed E-state index contributed by atoms with van der Waals surface area (Å²) in [5, 5.41) is 0. The predicted molar refractivity (Wildman–Crippen MR) is 73.3 cm³/mol. The molecule has 0 saturated carbocycles. The monoisotopic (exact) mass is 664 g/mol. The third-order valence-electron chi connectivity index (χ3n) is 4.93. The van der Waals surface area contributed by atoms with Gasteiger partial charge < -0.3 is 0 Å². The minimum absolute atomic E-state index is 0.331.